The lowest BCUT2D eigenvalue weighted by Crippen LogP contribution is -2.51. The predicted molar refractivity (Wildman–Crippen MR) is 99.5 cm³/mol. The second-order valence-electron chi connectivity index (χ2n) is 6.09. The summed E-state index contributed by atoms with van der Waals surface area (Å²) in [6.07, 6.45) is 9.06. The van der Waals surface area contributed by atoms with Gasteiger partial charge in [0, 0.05) is 30.6 Å². The molecule has 0 radical (unpaired) electrons. The van der Waals surface area contributed by atoms with E-state index < -0.39 is 5.79 Å². The number of nitrogens with one attached hydrogen (secondary N) is 2. The van der Waals surface area contributed by atoms with Crippen molar-refractivity contribution in [1.29, 1.82) is 0 Å². The maximum absolute atomic E-state index is 12.0. The highest BCUT2D eigenvalue weighted by molar-refractivity contribution is 7.96. The van der Waals surface area contributed by atoms with Gasteiger partial charge in [-0.2, -0.15) is 0 Å². The summed E-state index contributed by atoms with van der Waals surface area (Å²) in [6.45, 7) is 6.04. The first-order valence-electron chi connectivity index (χ1n) is 7.94. The molecule has 0 spiro atoms. The number of nitrogens with zero attached hydrogens (tertiary/aromatic N) is 2. The van der Waals surface area contributed by atoms with Crippen LogP contribution in [0.3, 0.4) is 0 Å². The van der Waals surface area contributed by atoms with Crippen LogP contribution in [-0.2, 0) is 7.05 Å². The quantitative estimate of drug-likeness (QED) is 0.786. The fraction of sp³-hybridized carbons (Fsp3) is 0.529. The van der Waals surface area contributed by atoms with Crippen molar-refractivity contribution in [3.63, 3.8) is 0 Å². The van der Waals surface area contributed by atoms with E-state index in [1.54, 1.807) is 11.6 Å². The van der Waals surface area contributed by atoms with Gasteiger partial charge in [0.1, 0.15) is 0 Å². The lowest BCUT2D eigenvalue weighted by atomic mass is 10.0. The Labute approximate surface area is 142 Å². The van der Waals surface area contributed by atoms with Gasteiger partial charge in [0.05, 0.1) is 5.70 Å². The van der Waals surface area contributed by atoms with Crippen molar-refractivity contribution in [2.24, 2.45) is 12.0 Å². The van der Waals surface area contributed by atoms with Gasteiger partial charge in [0.2, 0.25) is 0 Å². The van der Waals surface area contributed by atoms with Gasteiger partial charge < -0.3 is 9.88 Å². The largest absolute Gasteiger partial charge is 0.348 e. The molecule has 23 heavy (non-hydrogen) atoms. The Morgan fingerprint density at radius 1 is 1.48 bits per heavy atom. The predicted octanol–water partition coefficient (Wildman–Crippen LogP) is 2.81. The number of aryl methyl sites for hydroxylation is 2. The average molecular weight is 334 g/mol. The average Bonchev–Trinajstić information content (AvgIpc) is 2.51. The van der Waals surface area contributed by atoms with Crippen LogP contribution < -0.4 is 15.6 Å². The highest BCUT2D eigenvalue weighted by atomic mass is 32.2. The fourth-order valence-corrected chi connectivity index (χ4v) is 3.21. The molecule has 2 heterocycles. The van der Waals surface area contributed by atoms with E-state index in [1.165, 1.54) is 17.5 Å². The van der Waals surface area contributed by atoms with E-state index in [0.29, 0.717) is 0 Å². The zero-order valence-corrected chi connectivity index (χ0v) is 15.4. The Balaban J connectivity index is 2.48. The van der Waals surface area contributed by atoms with Crippen LogP contribution in [0.4, 0.5) is 0 Å². The van der Waals surface area contributed by atoms with Gasteiger partial charge in [-0.05, 0) is 44.6 Å². The van der Waals surface area contributed by atoms with E-state index in [0.717, 1.165) is 36.1 Å². The van der Waals surface area contributed by atoms with Crippen molar-refractivity contribution in [3.8, 4) is 0 Å². The fourth-order valence-electron chi connectivity index (χ4n) is 2.71. The van der Waals surface area contributed by atoms with Crippen LogP contribution in [0.5, 0.6) is 0 Å². The number of pyridine rings is 1. The molecule has 0 fully saturated rings. The third kappa shape index (κ3) is 4.06. The van der Waals surface area contributed by atoms with Gasteiger partial charge in [0.15, 0.2) is 5.79 Å². The molecule has 0 aliphatic carbocycles. The monoisotopic (exact) mass is 334 g/mol. The van der Waals surface area contributed by atoms with Crippen molar-refractivity contribution in [3.05, 3.63) is 39.3 Å². The number of allylic oxidation sites excluding steroid dienone is 1. The molecule has 1 unspecified atom stereocenters. The topological polar surface area (TPSA) is 58.4 Å². The van der Waals surface area contributed by atoms with E-state index in [2.05, 4.69) is 22.0 Å². The van der Waals surface area contributed by atoms with Crippen molar-refractivity contribution in [2.45, 2.75) is 45.8 Å². The molecule has 1 aromatic rings. The SMILES string of the molecule is CCCCC1=C(c2cc(C)c(=O)n(C)c2)NC(C)(NSC)N=C1. The van der Waals surface area contributed by atoms with Gasteiger partial charge in [-0.25, -0.2) is 9.71 Å². The minimum atomic E-state index is -0.549. The molecule has 126 valence electrons. The summed E-state index contributed by atoms with van der Waals surface area (Å²) in [5.41, 5.74) is 4.05. The van der Waals surface area contributed by atoms with Crippen molar-refractivity contribution in [1.82, 2.24) is 14.6 Å². The Morgan fingerprint density at radius 2 is 2.22 bits per heavy atom. The van der Waals surface area contributed by atoms with Crippen LogP contribution in [0.1, 0.15) is 44.2 Å². The summed E-state index contributed by atoms with van der Waals surface area (Å²) in [5, 5.41) is 3.51. The van der Waals surface area contributed by atoms with Gasteiger partial charge in [-0.3, -0.25) is 4.79 Å². The molecule has 0 saturated heterocycles. The maximum Gasteiger partial charge on any atom is 0.253 e. The molecule has 5 nitrogen and oxygen atoms in total. The van der Waals surface area contributed by atoms with Gasteiger partial charge in [-0.1, -0.05) is 25.3 Å². The second-order valence-corrected chi connectivity index (χ2v) is 6.71. The van der Waals surface area contributed by atoms with E-state index in [1.807, 2.05) is 38.6 Å². The number of rotatable bonds is 6. The smallest absolute Gasteiger partial charge is 0.253 e. The first-order valence-corrected chi connectivity index (χ1v) is 9.17. The normalized spacial score (nSPS) is 20.7. The summed E-state index contributed by atoms with van der Waals surface area (Å²) in [4.78, 5) is 16.6. The zero-order chi connectivity index (χ0) is 17.0. The Kier molecular flexibility index (Phi) is 5.70. The Bertz CT molecular complexity index is 666. The number of hydrogen-bond acceptors (Lipinski definition) is 5. The molecule has 0 aromatic carbocycles. The molecule has 1 aromatic heterocycles. The molecule has 1 aliphatic heterocycles. The highest BCUT2D eigenvalue weighted by Crippen LogP contribution is 2.26. The standard InChI is InChI=1S/C17H26N4OS/c1-6-7-8-13-10-18-17(3,20-23-5)19-15(13)14-9-12(2)16(22)21(4)11-14/h9-11,19-20H,6-8H2,1-5H3. The molecule has 1 atom stereocenters. The highest BCUT2D eigenvalue weighted by Gasteiger charge is 2.28. The molecule has 0 bridgehead atoms. The Hall–Kier alpha value is -1.53. The van der Waals surface area contributed by atoms with E-state index >= 15 is 0 Å². The Morgan fingerprint density at radius 3 is 2.83 bits per heavy atom. The summed E-state index contributed by atoms with van der Waals surface area (Å²) >= 11 is 1.53. The molecule has 0 amide bonds. The molecule has 6 heteroatoms. The van der Waals surface area contributed by atoms with Crippen molar-refractivity contribution in [2.75, 3.05) is 6.26 Å². The van der Waals surface area contributed by atoms with Crippen molar-refractivity contribution < 1.29 is 0 Å². The maximum atomic E-state index is 12.0. The van der Waals surface area contributed by atoms with Gasteiger partial charge in [0.25, 0.3) is 5.56 Å². The number of unbranched alkanes of at least 4 members (excludes halogenated alkanes) is 1. The van der Waals surface area contributed by atoms with Crippen LogP contribution in [0.2, 0.25) is 0 Å². The van der Waals surface area contributed by atoms with Crippen LogP contribution in [-0.4, -0.2) is 22.8 Å². The summed E-state index contributed by atoms with van der Waals surface area (Å²) in [6, 6.07) is 1.95. The first-order chi connectivity index (χ1) is 10.9. The number of aromatic nitrogens is 1. The molecule has 2 rings (SSSR count). The summed E-state index contributed by atoms with van der Waals surface area (Å²) in [5.74, 6) is -0.549. The van der Waals surface area contributed by atoms with Gasteiger partial charge >= 0.3 is 0 Å². The first kappa shape index (κ1) is 17.8. The molecule has 2 N–H and O–H groups in total. The van der Waals surface area contributed by atoms with Crippen LogP contribution >= 0.6 is 11.9 Å². The minimum Gasteiger partial charge on any atom is -0.348 e. The van der Waals surface area contributed by atoms with Crippen molar-refractivity contribution >= 4 is 23.9 Å². The van der Waals surface area contributed by atoms with Crippen LogP contribution in [0.15, 0.2) is 27.6 Å². The molecule has 0 saturated carbocycles. The van der Waals surface area contributed by atoms with Crippen LogP contribution in [0.25, 0.3) is 5.70 Å². The van der Waals surface area contributed by atoms with E-state index in [-0.39, 0.29) is 5.56 Å². The van der Waals surface area contributed by atoms with E-state index in [4.69, 9.17) is 0 Å². The lowest BCUT2D eigenvalue weighted by Gasteiger charge is -2.33. The van der Waals surface area contributed by atoms with Gasteiger partial charge in [-0.15, -0.1) is 0 Å². The molecule has 1 aliphatic rings. The number of aliphatic imine (C=N–C) groups is 1. The zero-order valence-electron chi connectivity index (χ0n) is 14.6. The summed E-state index contributed by atoms with van der Waals surface area (Å²) < 4.78 is 4.92. The third-order valence-electron chi connectivity index (χ3n) is 3.92. The minimum absolute atomic E-state index is 0.0407. The molecular formula is C17H26N4OS. The van der Waals surface area contributed by atoms with E-state index in [9.17, 15) is 4.79 Å². The van der Waals surface area contributed by atoms with Crippen LogP contribution in [0, 0.1) is 6.92 Å². The molecular weight excluding hydrogens is 308 g/mol. The lowest BCUT2D eigenvalue weighted by molar-refractivity contribution is 0.411. The number of hydrogen-bond donors (Lipinski definition) is 2. The second kappa shape index (κ2) is 7.36. The summed E-state index contributed by atoms with van der Waals surface area (Å²) in [7, 11) is 1.79. The third-order valence-corrected chi connectivity index (χ3v) is 4.52.